The first-order valence-corrected chi connectivity index (χ1v) is 8.21. The highest BCUT2D eigenvalue weighted by molar-refractivity contribution is 4.95. The molecule has 0 aromatic heterocycles. The third kappa shape index (κ3) is 2.91. The van der Waals surface area contributed by atoms with Crippen molar-refractivity contribution in [3.05, 3.63) is 0 Å². The molecule has 18 heavy (non-hydrogen) atoms. The molecule has 3 rings (SSSR count). The molecule has 2 heteroatoms. The van der Waals surface area contributed by atoms with E-state index in [1.54, 1.807) is 0 Å². The van der Waals surface area contributed by atoms with Gasteiger partial charge in [-0.25, -0.2) is 0 Å². The quantitative estimate of drug-likeness (QED) is 0.807. The van der Waals surface area contributed by atoms with Gasteiger partial charge < -0.3 is 5.32 Å². The van der Waals surface area contributed by atoms with Crippen LogP contribution in [0.15, 0.2) is 0 Å². The SMILES string of the molecule is CC(C)C1CNC(C2CC2)CN1CCC1CCC1. The minimum atomic E-state index is 0.778. The smallest absolute Gasteiger partial charge is 0.0244 e. The molecule has 3 fully saturated rings. The molecule has 0 radical (unpaired) electrons. The van der Waals surface area contributed by atoms with Gasteiger partial charge in [-0.2, -0.15) is 0 Å². The van der Waals surface area contributed by atoms with Crippen molar-refractivity contribution in [2.75, 3.05) is 19.6 Å². The molecule has 0 aromatic carbocycles. The zero-order valence-electron chi connectivity index (χ0n) is 12.2. The van der Waals surface area contributed by atoms with Crippen molar-refractivity contribution in [1.82, 2.24) is 10.2 Å². The van der Waals surface area contributed by atoms with Gasteiger partial charge in [0.2, 0.25) is 0 Å². The summed E-state index contributed by atoms with van der Waals surface area (Å²) in [6.07, 6.45) is 8.90. The van der Waals surface area contributed by atoms with Crippen molar-refractivity contribution in [3.63, 3.8) is 0 Å². The minimum absolute atomic E-state index is 0.778. The van der Waals surface area contributed by atoms with Gasteiger partial charge in [0.25, 0.3) is 0 Å². The topological polar surface area (TPSA) is 15.3 Å². The van der Waals surface area contributed by atoms with E-state index < -0.39 is 0 Å². The van der Waals surface area contributed by atoms with Gasteiger partial charge >= 0.3 is 0 Å². The molecule has 1 heterocycles. The van der Waals surface area contributed by atoms with E-state index in [9.17, 15) is 0 Å². The lowest BCUT2D eigenvalue weighted by Gasteiger charge is -2.43. The van der Waals surface area contributed by atoms with E-state index in [1.165, 1.54) is 58.2 Å². The highest BCUT2D eigenvalue weighted by atomic mass is 15.2. The van der Waals surface area contributed by atoms with Crippen molar-refractivity contribution < 1.29 is 0 Å². The first-order chi connectivity index (χ1) is 8.74. The molecule has 1 N–H and O–H groups in total. The lowest BCUT2D eigenvalue weighted by Crippen LogP contribution is -2.59. The van der Waals surface area contributed by atoms with Crippen LogP contribution >= 0.6 is 0 Å². The maximum Gasteiger partial charge on any atom is 0.0244 e. The maximum atomic E-state index is 3.82. The number of rotatable bonds is 5. The van der Waals surface area contributed by atoms with E-state index >= 15 is 0 Å². The summed E-state index contributed by atoms with van der Waals surface area (Å²) in [7, 11) is 0. The summed E-state index contributed by atoms with van der Waals surface area (Å²) in [6.45, 7) is 8.68. The van der Waals surface area contributed by atoms with Crippen LogP contribution in [0.2, 0.25) is 0 Å². The Hall–Kier alpha value is -0.0800. The molecule has 2 atom stereocenters. The summed E-state index contributed by atoms with van der Waals surface area (Å²) in [5.41, 5.74) is 0. The van der Waals surface area contributed by atoms with E-state index in [0.717, 1.165) is 29.8 Å². The molecule has 0 aromatic rings. The van der Waals surface area contributed by atoms with E-state index in [-0.39, 0.29) is 0 Å². The summed E-state index contributed by atoms with van der Waals surface area (Å²) in [5.74, 6) is 2.86. The van der Waals surface area contributed by atoms with Gasteiger partial charge in [0.05, 0.1) is 0 Å². The van der Waals surface area contributed by atoms with Gasteiger partial charge in [0, 0.05) is 25.2 Å². The number of piperazine rings is 1. The van der Waals surface area contributed by atoms with Crippen LogP contribution < -0.4 is 5.32 Å². The lowest BCUT2D eigenvalue weighted by atomic mass is 9.82. The second-order valence-corrected chi connectivity index (χ2v) is 7.24. The van der Waals surface area contributed by atoms with Crippen molar-refractivity contribution >= 4 is 0 Å². The molecule has 2 nitrogen and oxygen atoms in total. The van der Waals surface area contributed by atoms with Gasteiger partial charge in [-0.15, -0.1) is 0 Å². The zero-order valence-corrected chi connectivity index (χ0v) is 12.2. The normalized spacial score (nSPS) is 34.8. The Morgan fingerprint density at radius 1 is 1.17 bits per heavy atom. The molecule has 2 aliphatic carbocycles. The zero-order chi connectivity index (χ0) is 12.5. The summed E-state index contributed by atoms with van der Waals surface area (Å²) in [4.78, 5) is 2.82. The third-order valence-electron chi connectivity index (χ3n) is 5.50. The van der Waals surface area contributed by atoms with E-state index in [0.29, 0.717) is 0 Å². The predicted molar refractivity (Wildman–Crippen MR) is 76.7 cm³/mol. The summed E-state index contributed by atoms with van der Waals surface area (Å²) in [5, 5.41) is 3.82. The van der Waals surface area contributed by atoms with Crippen LogP contribution in [0, 0.1) is 17.8 Å². The lowest BCUT2D eigenvalue weighted by molar-refractivity contribution is 0.0805. The van der Waals surface area contributed by atoms with Gasteiger partial charge in [-0.05, 0) is 43.6 Å². The van der Waals surface area contributed by atoms with E-state index in [4.69, 9.17) is 0 Å². The van der Waals surface area contributed by atoms with Gasteiger partial charge in [-0.1, -0.05) is 33.1 Å². The standard InChI is InChI=1S/C16H30N2/c1-12(2)16-10-17-15(14-6-7-14)11-18(16)9-8-13-4-3-5-13/h12-17H,3-11H2,1-2H3. The Labute approximate surface area is 113 Å². The van der Waals surface area contributed by atoms with Crippen LogP contribution in [-0.2, 0) is 0 Å². The Bertz CT molecular complexity index is 268. The van der Waals surface area contributed by atoms with Crippen LogP contribution in [0.5, 0.6) is 0 Å². The Morgan fingerprint density at radius 3 is 2.50 bits per heavy atom. The fraction of sp³-hybridized carbons (Fsp3) is 1.00. The first kappa shape index (κ1) is 12.9. The molecule has 2 unspecified atom stereocenters. The average molecular weight is 250 g/mol. The monoisotopic (exact) mass is 250 g/mol. The number of nitrogens with zero attached hydrogens (tertiary/aromatic N) is 1. The molecule has 0 amide bonds. The van der Waals surface area contributed by atoms with Crippen molar-refractivity contribution in [2.24, 2.45) is 17.8 Å². The van der Waals surface area contributed by atoms with Crippen LogP contribution in [0.3, 0.4) is 0 Å². The molecule has 3 aliphatic rings. The maximum absolute atomic E-state index is 3.82. The minimum Gasteiger partial charge on any atom is -0.311 e. The third-order valence-corrected chi connectivity index (χ3v) is 5.50. The molecular formula is C16H30N2. The fourth-order valence-electron chi connectivity index (χ4n) is 3.71. The number of hydrogen-bond donors (Lipinski definition) is 1. The fourth-order valence-corrected chi connectivity index (χ4v) is 3.71. The second-order valence-electron chi connectivity index (χ2n) is 7.24. The number of hydrogen-bond acceptors (Lipinski definition) is 2. The highest BCUT2D eigenvalue weighted by Crippen LogP contribution is 2.35. The van der Waals surface area contributed by atoms with Gasteiger partial charge in [0.1, 0.15) is 0 Å². The first-order valence-electron chi connectivity index (χ1n) is 8.21. The van der Waals surface area contributed by atoms with Crippen LogP contribution in [0.1, 0.15) is 52.4 Å². The van der Waals surface area contributed by atoms with Crippen LogP contribution in [-0.4, -0.2) is 36.6 Å². The number of nitrogens with one attached hydrogen (secondary N) is 1. The van der Waals surface area contributed by atoms with Crippen LogP contribution in [0.25, 0.3) is 0 Å². The molecular weight excluding hydrogens is 220 g/mol. The highest BCUT2D eigenvalue weighted by Gasteiger charge is 2.37. The summed E-state index contributed by atoms with van der Waals surface area (Å²) >= 11 is 0. The van der Waals surface area contributed by atoms with Crippen molar-refractivity contribution in [3.8, 4) is 0 Å². The van der Waals surface area contributed by atoms with Crippen molar-refractivity contribution in [1.29, 1.82) is 0 Å². The Kier molecular flexibility index (Phi) is 3.95. The summed E-state index contributed by atoms with van der Waals surface area (Å²) in [6, 6.07) is 1.58. The molecule has 1 aliphatic heterocycles. The van der Waals surface area contributed by atoms with E-state index in [1.807, 2.05) is 0 Å². The molecule has 0 bridgehead atoms. The molecule has 1 saturated heterocycles. The molecule has 2 saturated carbocycles. The predicted octanol–water partition coefficient (Wildman–Crippen LogP) is 2.89. The van der Waals surface area contributed by atoms with Crippen LogP contribution in [0.4, 0.5) is 0 Å². The Balaban J connectivity index is 1.53. The second kappa shape index (κ2) is 5.50. The van der Waals surface area contributed by atoms with Gasteiger partial charge in [-0.3, -0.25) is 4.90 Å². The Morgan fingerprint density at radius 2 is 1.94 bits per heavy atom. The molecule has 0 spiro atoms. The summed E-state index contributed by atoms with van der Waals surface area (Å²) < 4.78 is 0. The van der Waals surface area contributed by atoms with Gasteiger partial charge in [0.15, 0.2) is 0 Å². The average Bonchev–Trinajstić information content (AvgIpc) is 3.10. The van der Waals surface area contributed by atoms with Crippen molar-refractivity contribution in [2.45, 2.75) is 64.5 Å². The largest absolute Gasteiger partial charge is 0.311 e. The molecule has 104 valence electrons. The van der Waals surface area contributed by atoms with E-state index in [2.05, 4.69) is 24.1 Å².